The Kier molecular flexibility index (Phi) is 5.37. The molecule has 0 aromatic rings. The van der Waals surface area contributed by atoms with Crippen LogP contribution in [0.4, 0.5) is 0 Å². The SMILES string of the molecule is C=C(C)C(=O)OCC(=O)OC(C)(C)C(=O)OC. The van der Waals surface area contributed by atoms with Crippen LogP contribution < -0.4 is 0 Å². The van der Waals surface area contributed by atoms with Crippen LogP contribution in [-0.4, -0.2) is 37.2 Å². The smallest absolute Gasteiger partial charge is 0.349 e. The molecule has 0 spiro atoms. The fourth-order valence-electron chi connectivity index (χ4n) is 0.849. The number of esters is 3. The molecule has 0 saturated carbocycles. The molecule has 96 valence electrons. The quantitative estimate of drug-likeness (QED) is 0.400. The molecule has 6 heteroatoms. The van der Waals surface area contributed by atoms with Crippen molar-refractivity contribution >= 4 is 17.9 Å². The summed E-state index contributed by atoms with van der Waals surface area (Å²) in [4.78, 5) is 33.4. The lowest BCUT2D eigenvalue weighted by Crippen LogP contribution is -2.39. The Hall–Kier alpha value is -1.85. The fraction of sp³-hybridized carbons (Fsp3) is 0.545. The highest BCUT2D eigenvalue weighted by atomic mass is 16.6. The molecule has 0 aliphatic rings. The lowest BCUT2D eigenvalue weighted by atomic mass is 10.1. The highest BCUT2D eigenvalue weighted by Gasteiger charge is 2.33. The maximum absolute atomic E-state index is 11.3. The molecule has 0 aliphatic heterocycles. The van der Waals surface area contributed by atoms with Crippen molar-refractivity contribution in [3.8, 4) is 0 Å². The Morgan fingerprint density at radius 2 is 1.76 bits per heavy atom. The third kappa shape index (κ3) is 5.14. The lowest BCUT2D eigenvalue weighted by Gasteiger charge is -2.21. The summed E-state index contributed by atoms with van der Waals surface area (Å²) < 4.78 is 13.8. The largest absolute Gasteiger partial charge is 0.466 e. The van der Waals surface area contributed by atoms with Gasteiger partial charge in [0.2, 0.25) is 5.60 Å². The molecule has 0 saturated heterocycles. The van der Waals surface area contributed by atoms with E-state index in [0.717, 1.165) is 0 Å². The van der Waals surface area contributed by atoms with Gasteiger partial charge in [0.1, 0.15) is 0 Å². The van der Waals surface area contributed by atoms with Crippen molar-refractivity contribution in [2.75, 3.05) is 13.7 Å². The van der Waals surface area contributed by atoms with Gasteiger partial charge in [-0.1, -0.05) is 6.58 Å². The molecule has 0 rings (SSSR count). The highest BCUT2D eigenvalue weighted by molar-refractivity contribution is 5.89. The van der Waals surface area contributed by atoms with Crippen molar-refractivity contribution in [1.82, 2.24) is 0 Å². The number of carbonyl (C=O) groups excluding carboxylic acids is 3. The molecule has 6 nitrogen and oxygen atoms in total. The fourth-order valence-corrected chi connectivity index (χ4v) is 0.849. The molecule has 0 bridgehead atoms. The highest BCUT2D eigenvalue weighted by Crippen LogP contribution is 2.11. The average molecular weight is 244 g/mol. The Morgan fingerprint density at radius 3 is 2.18 bits per heavy atom. The summed E-state index contributed by atoms with van der Waals surface area (Å²) in [6, 6.07) is 0. The van der Waals surface area contributed by atoms with E-state index in [2.05, 4.69) is 16.1 Å². The Balaban J connectivity index is 4.24. The minimum Gasteiger partial charge on any atom is -0.466 e. The molecule has 0 unspecified atom stereocenters. The summed E-state index contributed by atoms with van der Waals surface area (Å²) in [6.45, 7) is 6.97. The first-order valence-corrected chi connectivity index (χ1v) is 4.83. The van der Waals surface area contributed by atoms with Gasteiger partial charge < -0.3 is 14.2 Å². The van der Waals surface area contributed by atoms with Crippen molar-refractivity contribution in [3.05, 3.63) is 12.2 Å². The predicted molar refractivity (Wildman–Crippen MR) is 58.0 cm³/mol. The second-order valence-corrected chi connectivity index (χ2v) is 3.83. The molecule has 0 atom stereocenters. The minimum atomic E-state index is -1.42. The molecule has 0 radical (unpaired) electrons. The molecule has 0 heterocycles. The van der Waals surface area contributed by atoms with Gasteiger partial charge in [-0.15, -0.1) is 0 Å². The van der Waals surface area contributed by atoms with Crippen LogP contribution >= 0.6 is 0 Å². The second kappa shape index (κ2) is 6.03. The number of methoxy groups -OCH3 is 1. The van der Waals surface area contributed by atoms with E-state index in [-0.39, 0.29) is 5.57 Å². The maximum atomic E-state index is 11.3. The zero-order valence-electron chi connectivity index (χ0n) is 10.4. The number of carbonyl (C=O) groups is 3. The van der Waals surface area contributed by atoms with Crippen LogP contribution in [0.2, 0.25) is 0 Å². The molecule has 0 amide bonds. The van der Waals surface area contributed by atoms with Gasteiger partial charge in [-0.05, 0) is 20.8 Å². The van der Waals surface area contributed by atoms with Crippen LogP contribution in [0.3, 0.4) is 0 Å². The van der Waals surface area contributed by atoms with Crippen molar-refractivity contribution < 1.29 is 28.6 Å². The Bertz CT molecular complexity index is 342. The summed E-state index contributed by atoms with van der Waals surface area (Å²) in [5.74, 6) is -2.23. The van der Waals surface area contributed by atoms with Crippen LogP contribution in [-0.2, 0) is 28.6 Å². The minimum absolute atomic E-state index is 0.171. The summed E-state index contributed by atoms with van der Waals surface area (Å²) in [5.41, 5.74) is -1.24. The zero-order valence-corrected chi connectivity index (χ0v) is 10.4. The van der Waals surface area contributed by atoms with E-state index in [0.29, 0.717) is 0 Å². The Morgan fingerprint density at radius 1 is 1.24 bits per heavy atom. The number of hydrogen-bond acceptors (Lipinski definition) is 6. The van der Waals surface area contributed by atoms with Crippen molar-refractivity contribution in [1.29, 1.82) is 0 Å². The van der Waals surface area contributed by atoms with Gasteiger partial charge in [0.05, 0.1) is 7.11 Å². The van der Waals surface area contributed by atoms with Crippen LogP contribution in [0.15, 0.2) is 12.2 Å². The topological polar surface area (TPSA) is 78.9 Å². The number of rotatable bonds is 5. The van der Waals surface area contributed by atoms with Crippen molar-refractivity contribution in [3.63, 3.8) is 0 Å². The Labute approximate surface area is 99.5 Å². The van der Waals surface area contributed by atoms with Gasteiger partial charge in [-0.3, -0.25) is 0 Å². The van der Waals surface area contributed by atoms with Gasteiger partial charge in [0.15, 0.2) is 6.61 Å². The molecule has 17 heavy (non-hydrogen) atoms. The average Bonchev–Trinajstić information content (AvgIpc) is 2.23. The van der Waals surface area contributed by atoms with Crippen LogP contribution in [0.1, 0.15) is 20.8 Å². The van der Waals surface area contributed by atoms with Gasteiger partial charge in [0.25, 0.3) is 0 Å². The maximum Gasteiger partial charge on any atom is 0.349 e. The standard InChI is InChI=1S/C11H16O6/c1-7(2)9(13)16-6-8(12)17-11(3,4)10(14)15-5/h1,6H2,2-5H3. The lowest BCUT2D eigenvalue weighted by molar-refractivity contribution is -0.180. The third-order valence-electron chi connectivity index (χ3n) is 1.72. The summed E-state index contributed by atoms with van der Waals surface area (Å²) >= 11 is 0. The van der Waals surface area contributed by atoms with E-state index >= 15 is 0 Å². The van der Waals surface area contributed by atoms with Crippen LogP contribution in [0.5, 0.6) is 0 Å². The van der Waals surface area contributed by atoms with E-state index < -0.39 is 30.1 Å². The normalized spacial score (nSPS) is 10.4. The molecular weight excluding hydrogens is 228 g/mol. The second-order valence-electron chi connectivity index (χ2n) is 3.83. The van der Waals surface area contributed by atoms with Gasteiger partial charge >= 0.3 is 17.9 Å². The predicted octanol–water partition coefficient (Wildman–Crippen LogP) is 0.600. The molecule has 0 aromatic carbocycles. The summed E-state index contributed by atoms with van der Waals surface area (Å²) in [5, 5.41) is 0. The van der Waals surface area contributed by atoms with Gasteiger partial charge in [-0.25, -0.2) is 14.4 Å². The van der Waals surface area contributed by atoms with Crippen LogP contribution in [0.25, 0.3) is 0 Å². The molecule has 0 aliphatic carbocycles. The van der Waals surface area contributed by atoms with Gasteiger partial charge in [-0.2, -0.15) is 0 Å². The first-order chi connectivity index (χ1) is 7.70. The zero-order chi connectivity index (χ0) is 13.6. The molecule has 0 aromatic heterocycles. The number of hydrogen-bond donors (Lipinski definition) is 0. The van der Waals surface area contributed by atoms with E-state index in [4.69, 9.17) is 4.74 Å². The summed E-state index contributed by atoms with van der Waals surface area (Å²) in [7, 11) is 1.18. The monoisotopic (exact) mass is 244 g/mol. The van der Waals surface area contributed by atoms with E-state index in [1.165, 1.54) is 27.9 Å². The molecule has 0 N–H and O–H groups in total. The molecule has 0 fully saturated rings. The van der Waals surface area contributed by atoms with E-state index in [1.807, 2.05) is 0 Å². The van der Waals surface area contributed by atoms with E-state index in [1.54, 1.807) is 0 Å². The summed E-state index contributed by atoms with van der Waals surface area (Å²) in [6.07, 6.45) is 0. The van der Waals surface area contributed by atoms with Gasteiger partial charge in [0, 0.05) is 5.57 Å². The van der Waals surface area contributed by atoms with E-state index in [9.17, 15) is 14.4 Å². The molecular formula is C11H16O6. The van der Waals surface area contributed by atoms with Crippen molar-refractivity contribution in [2.24, 2.45) is 0 Å². The number of ether oxygens (including phenoxy) is 3. The first kappa shape index (κ1) is 15.2. The third-order valence-corrected chi connectivity index (χ3v) is 1.72. The van der Waals surface area contributed by atoms with Crippen LogP contribution in [0, 0.1) is 0 Å². The van der Waals surface area contributed by atoms with Crippen molar-refractivity contribution in [2.45, 2.75) is 26.4 Å². The first-order valence-electron chi connectivity index (χ1n) is 4.83.